The number of carbonyl (C=O) groups excluding carboxylic acids is 1. The lowest BCUT2D eigenvalue weighted by molar-refractivity contribution is -0.120. The van der Waals surface area contributed by atoms with Gasteiger partial charge < -0.3 is 5.32 Å². The maximum absolute atomic E-state index is 13.8. The lowest BCUT2D eigenvalue weighted by Gasteiger charge is -2.24. The van der Waals surface area contributed by atoms with Crippen molar-refractivity contribution in [2.45, 2.75) is 19.5 Å². The Kier molecular flexibility index (Phi) is 5.52. The van der Waals surface area contributed by atoms with Crippen molar-refractivity contribution >= 4 is 23.2 Å². The van der Waals surface area contributed by atoms with Crippen LogP contribution in [0.5, 0.6) is 0 Å². The fourth-order valence-corrected chi connectivity index (χ4v) is 2.26. The molecule has 0 fully saturated rings. The minimum atomic E-state index is -0.420. The summed E-state index contributed by atoms with van der Waals surface area (Å²) < 4.78 is 13.8. The molecule has 0 aliphatic carbocycles. The molecule has 1 N–H and O–H groups in total. The average Bonchev–Trinajstić information content (AvgIpc) is 2.51. The average molecular weight is 321 g/mol. The molecule has 0 aliphatic heterocycles. The van der Waals surface area contributed by atoms with Gasteiger partial charge in [0.2, 0.25) is 5.91 Å². The molecule has 0 heterocycles. The molecule has 0 saturated heterocycles. The van der Waals surface area contributed by atoms with Gasteiger partial charge in [0.15, 0.2) is 0 Å². The lowest BCUT2D eigenvalue weighted by Crippen LogP contribution is -2.39. The Morgan fingerprint density at radius 3 is 2.55 bits per heavy atom. The van der Waals surface area contributed by atoms with Crippen LogP contribution in [0.2, 0.25) is 5.02 Å². The van der Waals surface area contributed by atoms with E-state index in [4.69, 9.17) is 11.6 Å². The van der Waals surface area contributed by atoms with Gasteiger partial charge in [0.1, 0.15) is 5.82 Å². The number of likely N-dealkylation sites (N-methyl/N-ethyl adjacent to an activating group) is 1. The van der Waals surface area contributed by atoms with Crippen molar-refractivity contribution in [3.8, 4) is 0 Å². The van der Waals surface area contributed by atoms with Gasteiger partial charge in [-0.05, 0) is 38.2 Å². The van der Waals surface area contributed by atoms with Crippen molar-refractivity contribution in [2.24, 2.45) is 0 Å². The Bertz CT molecular complexity index is 628. The molecule has 2 aromatic rings. The van der Waals surface area contributed by atoms with Crippen LogP contribution in [0.15, 0.2) is 48.5 Å². The number of rotatable bonds is 5. The number of hydrogen-bond donors (Lipinski definition) is 1. The molecule has 3 nitrogen and oxygen atoms in total. The summed E-state index contributed by atoms with van der Waals surface area (Å²) >= 11 is 6.02. The minimum absolute atomic E-state index is 0.152. The number of hydrogen-bond acceptors (Lipinski definition) is 2. The molecule has 116 valence electrons. The Morgan fingerprint density at radius 1 is 1.23 bits per heavy atom. The topological polar surface area (TPSA) is 32.3 Å². The molecule has 0 spiro atoms. The Morgan fingerprint density at radius 2 is 1.91 bits per heavy atom. The van der Waals surface area contributed by atoms with Crippen LogP contribution in [0.3, 0.4) is 0 Å². The van der Waals surface area contributed by atoms with E-state index in [1.165, 1.54) is 6.07 Å². The van der Waals surface area contributed by atoms with E-state index in [0.717, 1.165) is 5.69 Å². The molecular formula is C17H18ClFN2O. The van der Waals surface area contributed by atoms with Crippen molar-refractivity contribution in [1.29, 1.82) is 0 Å². The predicted molar refractivity (Wildman–Crippen MR) is 87.4 cm³/mol. The zero-order valence-electron chi connectivity index (χ0n) is 12.5. The molecule has 22 heavy (non-hydrogen) atoms. The number of anilines is 1. The van der Waals surface area contributed by atoms with Gasteiger partial charge in [0.05, 0.1) is 6.04 Å². The lowest BCUT2D eigenvalue weighted by atomic mass is 10.1. The summed E-state index contributed by atoms with van der Waals surface area (Å²) in [6, 6.07) is 13.4. The number of nitrogens with zero attached hydrogens (tertiary/aromatic N) is 1. The molecule has 1 amide bonds. The molecular weight excluding hydrogens is 303 g/mol. The summed E-state index contributed by atoms with van der Waals surface area (Å²) in [5.74, 6) is -0.517. The van der Waals surface area contributed by atoms with Crippen LogP contribution in [-0.4, -0.2) is 23.9 Å². The highest BCUT2D eigenvalue weighted by molar-refractivity contribution is 6.31. The maximum atomic E-state index is 13.8. The Labute approximate surface area is 134 Å². The predicted octanol–water partition coefficient (Wildman–Crippen LogP) is 3.94. The Balaban J connectivity index is 2.02. The minimum Gasteiger partial charge on any atom is -0.325 e. The third-order valence-corrected chi connectivity index (χ3v) is 3.91. The number of nitrogens with one attached hydrogen (secondary N) is 1. The highest BCUT2D eigenvalue weighted by atomic mass is 35.5. The van der Waals surface area contributed by atoms with E-state index in [2.05, 4.69) is 5.32 Å². The fourth-order valence-electron chi connectivity index (χ4n) is 2.04. The highest BCUT2D eigenvalue weighted by Gasteiger charge is 2.20. The zero-order chi connectivity index (χ0) is 16.1. The van der Waals surface area contributed by atoms with Crippen LogP contribution in [0.1, 0.15) is 12.5 Å². The van der Waals surface area contributed by atoms with Gasteiger partial charge in [0.25, 0.3) is 0 Å². The van der Waals surface area contributed by atoms with Crippen molar-refractivity contribution in [3.05, 3.63) is 64.9 Å². The van der Waals surface area contributed by atoms with Gasteiger partial charge in [-0.1, -0.05) is 35.9 Å². The summed E-state index contributed by atoms with van der Waals surface area (Å²) in [6.07, 6.45) is 0. The van der Waals surface area contributed by atoms with Gasteiger partial charge >= 0.3 is 0 Å². The summed E-state index contributed by atoms with van der Waals surface area (Å²) in [6.45, 7) is 2.03. The maximum Gasteiger partial charge on any atom is 0.241 e. The number of benzene rings is 2. The van der Waals surface area contributed by atoms with Crippen molar-refractivity contribution < 1.29 is 9.18 Å². The van der Waals surface area contributed by atoms with E-state index >= 15 is 0 Å². The van der Waals surface area contributed by atoms with Gasteiger partial charge in [-0.25, -0.2) is 4.39 Å². The standard InChI is InChI=1S/C17H18ClFN2O/c1-12(17(22)20-13-7-4-3-5-8-13)21(2)11-14-15(18)9-6-10-16(14)19/h3-10,12H,11H2,1-2H3,(H,20,22)/t12-/m0/s1. The second kappa shape index (κ2) is 7.38. The van der Waals surface area contributed by atoms with E-state index in [-0.39, 0.29) is 18.3 Å². The summed E-state index contributed by atoms with van der Waals surface area (Å²) in [5, 5.41) is 3.19. The van der Waals surface area contributed by atoms with Crippen LogP contribution >= 0.6 is 11.6 Å². The molecule has 0 aliphatic rings. The molecule has 0 aromatic heterocycles. The quantitative estimate of drug-likeness (QED) is 0.905. The molecule has 2 aromatic carbocycles. The second-order valence-electron chi connectivity index (χ2n) is 5.15. The van der Waals surface area contributed by atoms with Crippen molar-refractivity contribution in [2.75, 3.05) is 12.4 Å². The van der Waals surface area contributed by atoms with E-state index in [0.29, 0.717) is 10.6 Å². The molecule has 0 radical (unpaired) electrons. The SMILES string of the molecule is C[C@@H](C(=O)Nc1ccccc1)N(C)Cc1c(F)cccc1Cl. The van der Waals surface area contributed by atoms with E-state index in [1.54, 1.807) is 31.0 Å². The number of halogens is 2. The van der Waals surface area contributed by atoms with Crippen LogP contribution in [0, 0.1) is 5.82 Å². The van der Waals surface area contributed by atoms with Gasteiger partial charge in [-0.2, -0.15) is 0 Å². The van der Waals surface area contributed by atoms with Crippen LogP contribution in [0.25, 0.3) is 0 Å². The van der Waals surface area contributed by atoms with Crippen LogP contribution in [0.4, 0.5) is 10.1 Å². The van der Waals surface area contributed by atoms with Gasteiger partial charge in [0, 0.05) is 22.8 Å². The van der Waals surface area contributed by atoms with Gasteiger partial charge in [-0.3, -0.25) is 9.69 Å². The van der Waals surface area contributed by atoms with E-state index < -0.39 is 6.04 Å². The number of carbonyl (C=O) groups is 1. The molecule has 5 heteroatoms. The van der Waals surface area contributed by atoms with Gasteiger partial charge in [-0.15, -0.1) is 0 Å². The first-order chi connectivity index (χ1) is 10.5. The third-order valence-electron chi connectivity index (χ3n) is 3.55. The zero-order valence-corrected chi connectivity index (χ0v) is 13.3. The molecule has 1 atom stereocenters. The normalized spacial score (nSPS) is 12.2. The van der Waals surface area contributed by atoms with Crippen molar-refractivity contribution in [3.63, 3.8) is 0 Å². The summed E-state index contributed by atoms with van der Waals surface area (Å²) in [7, 11) is 1.76. The Hall–Kier alpha value is -1.91. The van der Waals surface area contributed by atoms with E-state index in [9.17, 15) is 9.18 Å². The number of amides is 1. The van der Waals surface area contributed by atoms with Crippen LogP contribution < -0.4 is 5.32 Å². The summed E-state index contributed by atoms with van der Waals surface area (Å²) in [4.78, 5) is 14.0. The fraction of sp³-hybridized carbons (Fsp3) is 0.235. The van der Waals surface area contributed by atoms with E-state index in [1.807, 2.05) is 30.3 Å². The first-order valence-electron chi connectivity index (χ1n) is 6.98. The summed E-state index contributed by atoms with van der Waals surface area (Å²) in [5.41, 5.74) is 1.13. The molecule has 0 saturated carbocycles. The monoisotopic (exact) mass is 320 g/mol. The molecule has 0 bridgehead atoms. The molecule has 2 rings (SSSR count). The number of para-hydroxylation sites is 1. The first kappa shape index (κ1) is 16.5. The van der Waals surface area contributed by atoms with Crippen molar-refractivity contribution in [1.82, 2.24) is 4.90 Å². The first-order valence-corrected chi connectivity index (χ1v) is 7.36. The molecule has 0 unspecified atom stereocenters. The second-order valence-corrected chi connectivity index (χ2v) is 5.55. The highest BCUT2D eigenvalue weighted by Crippen LogP contribution is 2.21. The third kappa shape index (κ3) is 4.06. The van der Waals surface area contributed by atoms with Crippen LogP contribution in [-0.2, 0) is 11.3 Å². The smallest absolute Gasteiger partial charge is 0.241 e. The largest absolute Gasteiger partial charge is 0.325 e.